The number of nitrogens with zero attached hydrogens (tertiary/aromatic N) is 4. The third-order valence-electron chi connectivity index (χ3n) is 6.74. The van der Waals surface area contributed by atoms with Crippen molar-refractivity contribution in [3.63, 3.8) is 0 Å². The first-order chi connectivity index (χ1) is 18.0. The number of halogens is 1. The number of aromatic nitrogens is 2. The van der Waals surface area contributed by atoms with Gasteiger partial charge in [0.15, 0.2) is 0 Å². The second kappa shape index (κ2) is 10.7. The molecule has 3 aromatic carbocycles. The number of carbonyl (C=O) groups is 1. The van der Waals surface area contributed by atoms with Gasteiger partial charge in [0, 0.05) is 31.7 Å². The number of carbonyl (C=O) groups excluding carboxylic acids is 1. The van der Waals surface area contributed by atoms with Crippen LogP contribution in [0.25, 0.3) is 16.9 Å². The van der Waals surface area contributed by atoms with Crippen LogP contribution in [-0.2, 0) is 0 Å². The summed E-state index contributed by atoms with van der Waals surface area (Å²) < 4.78 is 7.61. The van der Waals surface area contributed by atoms with Gasteiger partial charge in [0.2, 0.25) is 0 Å². The highest BCUT2D eigenvalue weighted by Crippen LogP contribution is 2.31. The van der Waals surface area contributed by atoms with Crippen LogP contribution in [0.3, 0.4) is 0 Å². The lowest BCUT2D eigenvalue weighted by molar-refractivity contribution is 0.0737. The minimum absolute atomic E-state index is 0.0375. The lowest BCUT2D eigenvalue weighted by Crippen LogP contribution is -2.49. The lowest BCUT2D eigenvalue weighted by Gasteiger charge is -2.36. The van der Waals surface area contributed by atoms with E-state index in [-0.39, 0.29) is 5.91 Å². The Kier molecular flexibility index (Phi) is 7.19. The summed E-state index contributed by atoms with van der Waals surface area (Å²) in [6, 6.07) is 23.7. The van der Waals surface area contributed by atoms with E-state index in [9.17, 15) is 4.79 Å². The number of hydrogen-bond acceptors (Lipinski definition) is 4. The van der Waals surface area contributed by atoms with Crippen molar-refractivity contribution >= 4 is 23.2 Å². The van der Waals surface area contributed by atoms with Crippen molar-refractivity contribution < 1.29 is 9.53 Å². The molecule has 0 atom stereocenters. The van der Waals surface area contributed by atoms with Crippen molar-refractivity contribution in [3.8, 4) is 22.7 Å². The van der Waals surface area contributed by atoms with Crippen molar-refractivity contribution in [1.82, 2.24) is 14.7 Å². The number of hydrogen-bond donors (Lipinski definition) is 0. The first kappa shape index (κ1) is 24.9. The Balaban J connectivity index is 1.46. The van der Waals surface area contributed by atoms with Crippen LogP contribution in [0.5, 0.6) is 5.75 Å². The van der Waals surface area contributed by atoms with Crippen LogP contribution in [0.1, 0.15) is 28.5 Å². The molecule has 1 amide bonds. The average molecular weight is 515 g/mol. The zero-order chi connectivity index (χ0) is 25.9. The molecular weight excluding hydrogens is 484 g/mol. The van der Waals surface area contributed by atoms with Gasteiger partial charge in [-0.25, -0.2) is 4.68 Å². The van der Waals surface area contributed by atoms with E-state index in [1.54, 1.807) is 4.68 Å². The zero-order valence-corrected chi connectivity index (χ0v) is 22.2. The average Bonchev–Trinajstić information content (AvgIpc) is 3.35. The van der Waals surface area contributed by atoms with Gasteiger partial charge < -0.3 is 14.5 Å². The van der Waals surface area contributed by atoms with Gasteiger partial charge in [-0.05, 0) is 62.2 Å². The highest BCUT2D eigenvalue weighted by atomic mass is 35.5. The van der Waals surface area contributed by atoms with Gasteiger partial charge in [-0.15, -0.1) is 0 Å². The Hall–Kier alpha value is -3.77. The van der Waals surface area contributed by atoms with Crippen LogP contribution in [0.4, 0.5) is 5.69 Å². The smallest absolute Gasteiger partial charge is 0.272 e. The topological polar surface area (TPSA) is 50.6 Å². The Bertz CT molecular complexity index is 1420. The number of aryl methyl sites for hydroxylation is 2. The van der Waals surface area contributed by atoms with Gasteiger partial charge in [-0.1, -0.05) is 54.1 Å². The molecule has 1 saturated heterocycles. The first-order valence-corrected chi connectivity index (χ1v) is 13.0. The number of para-hydroxylation sites is 2. The normalized spacial score (nSPS) is 13.6. The van der Waals surface area contributed by atoms with Gasteiger partial charge in [0.1, 0.15) is 11.4 Å². The molecule has 0 radical (unpaired) electrons. The largest absolute Gasteiger partial charge is 0.492 e. The fourth-order valence-corrected chi connectivity index (χ4v) is 5.01. The molecule has 0 bridgehead atoms. The molecule has 0 saturated carbocycles. The van der Waals surface area contributed by atoms with Crippen molar-refractivity contribution in [2.45, 2.75) is 20.8 Å². The number of benzene rings is 3. The summed E-state index contributed by atoms with van der Waals surface area (Å²) in [7, 11) is 0. The van der Waals surface area contributed by atoms with Crippen LogP contribution in [0, 0.1) is 13.8 Å². The highest BCUT2D eigenvalue weighted by Gasteiger charge is 2.28. The first-order valence-electron chi connectivity index (χ1n) is 12.6. The van der Waals surface area contributed by atoms with Crippen LogP contribution in [0.15, 0.2) is 72.8 Å². The molecule has 7 heteroatoms. The molecule has 5 rings (SSSR count). The van der Waals surface area contributed by atoms with E-state index in [1.165, 1.54) is 0 Å². The Labute approximate surface area is 223 Å². The minimum atomic E-state index is -0.0375. The van der Waals surface area contributed by atoms with Crippen LogP contribution < -0.4 is 9.64 Å². The Morgan fingerprint density at radius 1 is 0.919 bits per heavy atom. The fraction of sp³-hybridized carbons (Fsp3) is 0.267. The van der Waals surface area contributed by atoms with Crippen molar-refractivity contribution in [2.75, 3.05) is 37.7 Å². The molecule has 0 N–H and O–H groups in total. The number of amides is 1. The molecule has 37 heavy (non-hydrogen) atoms. The SMILES string of the molecule is CCOc1ccccc1N1CCN(C(=O)c2cc(-c3ccccc3Cl)nn2-c2cc(C)ccc2C)CC1. The van der Waals surface area contributed by atoms with Crippen LogP contribution in [0.2, 0.25) is 5.02 Å². The Morgan fingerprint density at radius 2 is 1.65 bits per heavy atom. The summed E-state index contributed by atoms with van der Waals surface area (Å²) in [5.41, 5.74) is 6.13. The predicted molar refractivity (Wildman–Crippen MR) is 149 cm³/mol. The third kappa shape index (κ3) is 5.07. The van der Waals surface area contributed by atoms with Crippen molar-refractivity contribution in [1.29, 1.82) is 0 Å². The molecule has 1 fully saturated rings. The van der Waals surface area contributed by atoms with E-state index in [1.807, 2.05) is 74.2 Å². The van der Waals surface area contributed by atoms with Crippen LogP contribution >= 0.6 is 11.6 Å². The van der Waals surface area contributed by atoms with E-state index >= 15 is 0 Å². The number of rotatable bonds is 6. The van der Waals surface area contributed by atoms with E-state index < -0.39 is 0 Å². The summed E-state index contributed by atoms with van der Waals surface area (Å²) in [5.74, 6) is 0.839. The quantitative estimate of drug-likeness (QED) is 0.309. The number of anilines is 1. The summed E-state index contributed by atoms with van der Waals surface area (Å²) in [4.78, 5) is 18.1. The summed E-state index contributed by atoms with van der Waals surface area (Å²) in [6.45, 7) is 9.36. The molecule has 1 aliphatic rings. The van der Waals surface area contributed by atoms with Crippen molar-refractivity contribution in [3.05, 3.63) is 94.6 Å². The maximum Gasteiger partial charge on any atom is 0.272 e. The van der Waals surface area contributed by atoms with E-state index in [2.05, 4.69) is 29.2 Å². The fourth-order valence-electron chi connectivity index (χ4n) is 4.77. The van der Waals surface area contributed by atoms with Gasteiger partial charge >= 0.3 is 0 Å². The molecule has 0 aliphatic carbocycles. The Morgan fingerprint density at radius 3 is 2.41 bits per heavy atom. The second-order valence-electron chi connectivity index (χ2n) is 9.28. The third-order valence-corrected chi connectivity index (χ3v) is 7.07. The molecule has 0 unspecified atom stereocenters. The van der Waals surface area contributed by atoms with Gasteiger partial charge in [0.05, 0.1) is 28.7 Å². The summed E-state index contributed by atoms with van der Waals surface area (Å²) >= 11 is 6.50. The van der Waals surface area contributed by atoms with E-state index in [4.69, 9.17) is 21.4 Å². The van der Waals surface area contributed by atoms with Gasteiger partial charge in [-0.3, -0.25) is 4.79 Å². The van der Waals surface area contributed by atoms with E-state index in [0.29, 0.717) is 36.1 Å². The molecule has 2 heterocycles. The molecule has 190 valence electrons. The predicted octanol–water partition coefficient (Wildman–Crippen LogP) is 6.17. The molecule has 1 aromatic heterocycles. The number of piperazine rings is 1. The minimum Gasteiger partial charge on any atom is -0.492 e. The molecule has 0 spiro atoms. The van der Waals surface area contributed by atoms with E-state index in [0.717, 1.165) is 46.9 Å². The summed E-state index contributed by atoms with van der Waals surface area (Å²) in [6.07, 6.45) is 0. The second-order valence-corrected chi connectivity index (χ2v) is 9.68. The molecule has 6 nitrogen and oxygen atoms in total. The van der Waals surface area contributed by atoms with Gasteiger partial charge in [0.25, 0.3) is 5.91 Å². The zero-order valence-electron chi connectivity index (χ0n) is 21.4. The van der Waals surface area contributed by atoms with Gasteiger partial charge in [-0.2, -0.15) is 5.10 Å². The highest BCUT2D eigenvalue weighted by molar-refractivity contribution is 6.33. The molecular formula is C30H31ClN4O2. The summed E-state index contributed by atoms with van der Waals surface area (Å²) in [5, 5.41) is 5.49. The maximum atomic E-state index is 13.9. The lowest BCUT2D eigenvalue weighted by atomic mass is 10.1. The van der Waals surface area contributed by atoms with Crippen LogP contribution in [-0.4, -0.2) is 53.4 Å². The maximum absolute atomic E-state index is 13.9. The number of ether oxygens (including phenoxy) is 1. The molecule has 1 aliphatic heterocycles. The molecule has 4 aromatic rings. The van der Waals surface area contributed by atoms with Crippen molar-refractivity contribution in [2.24, 2.45) is 0 Å². The monoisotopic (exact) mass is 514 g/mol. The standard InChI is InChI=1S/C30H31ClN4O2/c1-4-37-29-12-8-7-11-26(29)33-15-17-34(18-16-33)30(36)28-20-25(23-9-5-6-10-24(23)31)32-35(28)27-19-21(2)13-14-22(27)3/h5-14,19-20H,4,15-18H2,1-3H3.